The van der Waals surface area contributed by atoms with Gasteiger partial charge in [0.1, 0.15) is 0 Å². The Kier molecular flexibility index (Phi) is 7.92. The first-order valence-electron chi connectivity index (χ1n) is 6.90. The predicted octanol–water partition coefficient (Wildman–Crippen LogP) is 2.23. The second kappa shape index (κ2) is 9.17. The molecule has 122 valence electrons. The third-order valence-electron chi connectivity index (χ3n) is 3.17. The van der Waals surface area contributed by atoms with Gasteiger partial charge in [0.2, 0.25) is 11.8 Å². The molecule has 0 bridgehead atoms. The summed E-state index contributed by atoms with van der Waals surface area (Å²) in [5.41, 5.74) is 7.52. The third kappa shape index (κ3) is 5.98. The SMILES string of the molecule is CSCCC(N)C(=O)N(C)CC(=O)Nc1ccc(Br)cc1C. The van der Waals surface area contributed by atoms with E-state index in [1.165, 1.54) is 4.90 Å². The minimum atomic E-state index is -0.556. The van der Waals surface area contributed by atoms with Crippen molar-refractivity contribution in [2.45, 2.75) is 19.4 Å². The number of anilines is 1. The van der Waals surface area contributed by atoms with Crippen LogP contribution in [0, 0.1) is 6.92 Å². The minimum Gasteiger partial charge on any atom is -0.335 e. The highest BCUT2D eigenvalue weighted by Gasteiger charge is 2.19. The van der Waals surface area contributed by atoms with Gasteiger partial charge in [-0.1, -0.05) is 15.9 Å². The standard InChI is InChI=1S/C15H22BrN3O2S/c1-10-8-11(16)4-5-13(10)18-14(20)9-19(2)15(21)12(17)6-7-22-3/h4-5,8,12H,6-7,9,17H2,1-3H3,(H,18,20). The van der Waals surface area contributed by atoms with Gasteiger partial charge in [-0.3, -0.25) is 9.59 Å². The molecule has 0 aliphatic carbocycles. The summed E-state index contributed by atoms with van der Waals surface area (Å²) in [5.74, 6) is 0.375. The van der Waals surface area contributed by atoms with E-state index >= 15 is 0 Å². The summed E-state index contributed by atoms with van der Waals surface area (Å²) in [6.45, 7) is 1.90. The molecule has 3 N–H and O–H groups in total. The number of aryl methyl sites for hydroxylation is 1. The Hall–Kier alpha value is -1.05. The number of carbonyl (C=O) groups excluding carboxylic acids is 2. The number of nitrogens with zero attached hydrogens (tertiary/aromatic N) is 1. The Morgan fingerprint density at radius 3 is 2.73 bits per heavy atom. The topological polar surface area (TPSA) is 75.4 Å². The van der Waals surface area contributed by atoms with Gasteiger partial charge in [0.15, 0.2) is 0 Å². The maximum absolute atomic E-state index is 12.1. The van der Waals surface area contributed by atoms with E-state index in [4.69, 9.17) is 5.73 Å². The summed E-state index contributed by atoms with van der Waals surface area (Å²) in [4.78, 5) is 25.5. The number of nitrogens with one attached hydrogen (secondary N) is 1. The average Bonchev–Trinajstić information content (AvgIpc) is 2.46. The Labute approximate surface area is 144 Å². The molecule has 5 nitrogen and oxygen atoms in total. The molecule has 0 heterocycles. The summed E-state index contributed by atoms with van der Waals surface area (Å²) in [7, 11) is 1.59. The molecule has 1 aromatic carbocycles. The second-order valence-electron chi connectivity index (χ2n) is 5.09. The van der Waals surface area contributed by atoms with E-state index in [1.807, 2.05) is 31.4 Å². The summed E-state index contributed by atoms with van der Waals surface area (Å²) >= 11 is 5.02. The number of benzene rings is 1. The molecule has 0 fully saturated rings. The van der Waals surface area contributed by atoms with E-state index < -0.39 is 6.04 Å². The van der Waals surface area contributed by atoms with Gasteiger partial charge in [-0.05, 0) is 49.1 Å². The smallest absolute Gasteiger partial charge is 0.243 e. The number of carbonyl (C=O) groups is 2. The summed E-state index contributed by atoms with van der Waals surface area (Å²) in [6, 6.07) is 5.04. The number of amides is 2. The van der Waals surface area contributed by atoms with Crippen LogP contribution >= 0.6 is 27.7 Å². The molecule has 0 spiro atoms. The summed E-state index contributed by atoms with van der Waals surface area (Å²) in [5, 5.41) is 2.81. The van der Waals surface area contributed by atoms with Crippen molar-refractivity contribution in [3.63, 3.8) is 0 Å². The number of rotatable bonds is 7. The number of nitrogens with two attached hydrogens (primary N) is 1. The zero-order chi connectivity index (χ0) is 16.7. The van der Waals surface area contributed by atoms with Crippen molar-refractivity contribution in [2.75, 3.05) is 30.9 Å². The van der Waals surface area contributed by atoms with Crippen molar-refractivity contribution >= 4 is 45.2 Å². The fraction of sp³-hybridized carbons (Fsp3) is 0.467. The van der Waals surface area contributed by atoms with Crippen LogP contribution in [-0.2, 0) is 9.59 Å². The highest BCUT2D eigenvalue weighted by molar-refractivity contribution is 9.10. The molecular weight excluding hydrogens is 366 g/mol. The molecule has 1 aromatic rings. The zero-order valence-electron chi connectivity index (χ0n) is 13.1. The lowest BCUT2D eigenvalue weighted by atomic mass is 10.2. The maximum Gasteiger partial charge on any atom is 0.243 e. The van der Waals surface area contributed by atoms with Crippen LogP contribution in [0.4, 0.5) is 5.69 Å². The van der Waals surface area contributed by atoms with Crippen LogP contribution < -0.4 is 11.1 Å². The van der Waals surface area contributed by atoms with Crippen LogP contribution in [0.3, 0.4) is 0 Å². The highest BCUT2D eigenvalue weighted by Crippen LogP contribution is 2.19. The van der Waals surface area contributed by atoms with Crippen molar-refractivity contribution in [3.8, 4) is 0 Å². The molecule has 0 aromatic heterocycles. The van der Waals surface area contributed by atoms with Crippen molar-refractivity contribution in [3.05, 3.63) is 28.2 Å². The van der Waals surface area contributed by atoms with E-state index in [2.05, 4.69) is 21.2 Å². The highest BCUT2D eigenvalue weighted by atomic mass is 79.9. The Balaban J connectivity index is 2.55. The van der Waals surface area contributed by atoms with Crippen molar-refractivity contribution in [2.24, 2.45) is 5.73 Å². The van der Waals surface area contributed by atoms with Crippen LogP contribution in [0.1, 0.15) is 12.0 Å². The molecule has 1 unspecified atom stereocenters. The molecule has 1 atom stereocenters. The van der Waals surface area contributed by atoms with E-state index in [0.717, 1.165) is 21.5 Å². The molecule has 22 heavy (non-hydrogen) atoms. The number of hydrogen-bond acceptors (Lipinski definition) is 4. The van der Waals surface area contributed by atoms with E-state index in [9.17, 15) is 9.59 Å². The molecule has 0 saturated heterocycles. The van der Waals surface area contributed by atoms with Gasteiger partial charge in [0.05, 0.1) is 12.6 Å². The fourth-order valence-corrected chi connectivity index (χ4v) is 2.87. The van der Waals surface area contributed by atoms with Gasteiger partial charge in [-0.25, -0.2) is 0 Å². The number of thioether (sulfide) groups is 1. The maximum atomic E-state index is 12.1. The number of halogens is 1. The fourth-order valence-electron chi connectivity index (χ4n) is 1.90. The van der Waals surface area contributed by atoms with Crippen LogP contribution in [-0.4, -0.2) is 48.4 Å². The summed E-state index contributed by atoms with van der Waals surface area (Å²) < 4.78 is 0.954. The molecule has 0 saturated carbocycles. The average molecular weight is 388 g/mol. The summed E-state index contributed by atoms with van der Waals surface area (Å²) in [6.07, 6.45) is 2.58. The van der Waals surface area contributed by atoms with Gasteiger partial charge in [-0.2, -0.15) is 11.8 Å². The van der Waals surface area contributed by atoms with Gasteiger partial charge in [-0.15, -0.1) is 0 Å². The van der Waals surface area contributed by atoms with Gasteiger partial charge >= 0.3 is 0 Å². The zero-order valence-corrected chi connectivity index (χ0v) is 15.5. The van der Waals surface area contributed by atoms with Crippen LogP contribution in [0.15, 0.2) is 22.7 Å². The predicted molar refractivity (Wildman–Crippen MR) is 96.1 cm³/mol. The first kappa shape index (κ1) is 19.0. The lowest BCUT2D eigenvalue weighted by Gasteiger charge is -2.21. The Morgan fingerprint density at radius 1 is 1.45 bits per heavy atom. The number of hydrogen-bond donors (Lipinski definition) is 2. The van der Waals surface area contributed by atoms with Gasteiger partial charge in [0, 0.05) is 17.2 Å². The number of likely N-dealkylation sites (N-methyl/N-ethyl adjacent to an activating group) is 1. The molecule has 1 rings (SSSR count). The third-order valence-corrected chi connectivity index (χ3v) is 4.31. The first-order chi connectivity index (χ1) is 10.3. The van der Waals surface area contributed by atoms with Crippen molar-refractivity contribution < 1.29 is 9.59 Å². The first-order valence-corrected chi connectivity index (χ1v) is 9.09. The van der Waals surface area contributed by atoms with Crippen molar-refractivity contribution in [1.82, 2.24) is 4.90 Å². The van der Waals surface area contributed by atoms with Crippen molar-refractivity contribution in [1.29, 1.82) is 0 Å². The molecule has 7 heteroatoms. The molecule has 2 amide bonds. The lowest BCUT2D eigenvalue weighted by molar-refractivity contribution is -0.134. The van der Waals surface area contributed by atoms with Crippen LogP contribution in [0.2, 0.25) is 0 Å². The normalized spacial score (nSPS) is 11.9. The second-order valence-corrected chi connectivity index (χ2v) is 6.99. The lowest BCUT2D eigenvalue weighted by Crippen LogP contribution is -2.45. The molecule has 0 radical (unpaired) electrons. The van der Waals surface area contributed by atoms with Crippen LogP contribution in [0.5, 0.6) is 0 Å². The van der Waals surface area contributed by atoms with Gasteiger partial charge in [0.25, 0.3) is 0 Å². The van der Waals surface area contributed by atoms with E-state index in [0.29, 0.717) is 6.42 Å². The van der Waals surface area contributed by atoms with E-state index in [1.54, 1.807) is 18.8 Å². The molecular formula is C15H22BrN3O2S. The quantitative estimate of drug-likeness (QED) is 0.751. The largest absolute Gasteiger partial charge is 0.335 e. The van der Waals surface area contributed by atoms with Gasteiger partial charge < -0.3 is 16.0 Å². The van der Waals surface area contributed by atoms with Crippen LogP contribution in [0.25, 0.3) is 0 Å². The molecule has 0 aliphatic heterocycles. The Morgan fingerprint density at radius 2 is 2.14 bits per heavy atom. The molecule has 0 aliphatic rings. The van der Waals surface area contributed by atoms with E-state index in [-0.39, 0.29) is 18.4 Å². The monoisotopic (exact) mass is 387 g/mol. The Bertz CT molecular complexity index is 540. The minimum absolute atomic E-state index is 0.0126.